The van der Waals surface area contributed by atoms with Crippen LogP contribution in [0.1, 0.15) is 0 Å². The molecule has 2 aromatic rings. The van der Waals surface area contributed by atoms with Crippen molar-refractivity contribution in [1.82, 2.24) is 14.8 Å². The molecular formula is C14H20BrN3OSi. The fraction of sp³-hybridized carbons (Fsp3) is 0.429. The van der Waals surface area contributed by atoms with Crippen molar-refractivity contribution in [2.45, 2.75) is 32.4 Å². The third-order valence-corrected chi connectivity index (χ3v) is 5.16. The van der Waals surface area contributed by atoms with Crippen molar-refractivity contribution in [1.29, 1.82) is 0 Å². The van der Waals surface area contributed by atoms with Gasteiger partial charge in [-0.3, -0.25) is 0 Å². The molecule has 0 amide bonds. The molecule has 0 spiro atoms. The van der Waals surface area contributed by atoms with Crippen LogP contribution in [-0.2, 0) is 11.5 Å². The van der Waals surface area contributed by atoms with E-state index in [1.807, 2.05) is 24.3 Å². The molecule has 0 unspecified atom stereocenters. The van der Waals surface area contributed by atoms with Gasteiger partial charge in [0.15, 0.2) is 5.82 Å². The van der Waals surface area contributed by atoms with E-state index in [2.05, 4.69) is 45.7 Å². The molecule has 1 aromatic heterocycles. The predicted molar refractivity (Wildman–Crippen MR) is 87.3 cm³/mol. The normalized spacial score (nSPS) is 11.8. The van der Waals surface area contributed by atoms with E-state index in [4.69, 9.17) is 4.74 Å². The van der Waals surface area contributed by atoms with Crippen molar-refractivity contribution in [2.24, 2.45) is 0 Å². The monoisotopic (exact) mass is 353 g/mol. The summed E-state index contributed by atoms with van der Waals surface area (Å²) in [5, 5.41) is 4.23. The molecule has 1 heterocycles. The minimum Gasteiger partial charge on any atom is -0.359 e. The van der Waals surface area contributed by atoms with E-state index in [0.29, 0.717) is 6.73 Å². The summed E-state index contributed by atoms with van der Waals surface area (Å²) in [7, 11) is -1.04. The van der Waals surface area contributed by atoms with Gasteiger partial charge in [-0.15, -0.1) is 0 Å². The molecule has 0 aliphatic rings. The number of benzene rings is 1. The molecule has 0 N–H and O–H groups in total. The highest BCUT2D eigenvalue weighted by molar-refractivity contribution is 9.10. The maximum Gasteiger partial charge on any atom is 0.160 e. The van der Waals surface area contributed by atoms with Crippen molar-refractivity contribution in [3.63, 3.8) is 0 Å². The summed E-state index contributed by atoms with van der Waals surface area (Å²) in [6, 6.07) is 9.20. The Kier molecular flexibility index (Phi) is 5.12. The molecule has 108 valence electrons. The third-order valence-electron chi connectivity index (χ3n) is 2.93. The molecule has 0 saturated carbocycles. The van der Waals surface area contributed by atoms with Crippen LogP contribution in [0.15, 0.2) is 35.1 Å². The fourth-order valence-corrected chi connectivity index (χ4v) is 2.73. The van der Waals surface area contributed by atoms with E-state index < -0.39 is 8.07 Å². The smallest absolute Gasteiger partial charge is 0.160 e. The van der Waals surface area contributed by atoms with Gasteiger partial charge in [-0.1, -0.05) is 47.7 Å². The Hall–Kier alpha value is -0.983. The Balaban J connectivity index is 1.97. The highest BCUT2D eigenvalue weighted by atomic mass is 79.9. The molecule has 0 aliphatic carbocycles. The zero-order valence-electron chi connectivity index (χ0n) is 12.1. The Morgan fingerprint density at radius 2 is 1.90 bits per heavy atom. The summed E-state index contributed by atoms with van der Waals surface area (Å²) in [4.78, 5) is 4.31. The van der Waals surface area contributed by atoms with Gasteiger partial charge in [0.1, 0.15) is 13.1 Å². The summed E-state index contributed by atoms with van der Waals surface area (Å²) in [6.07, 6.45) is 1.57. The Morgan fingerprint density at radius 1 is 1.20 bits per heavy atom. The Bertz CT molecular complexity index is 548. The van der Waals surface area contributed by atoms with Crippen LogP contribution in [0.2, 0.25) is 25.7 Å². The lowest BCUT2D eigenvalue weighted by Crippen LogP contribution is -2.22. The summed E-state index contributed by atoms with van der Waals surface area (Å²) < 4.78 is 8.58. The van der Waals surface area contributed by atoms with Crippen molar-refractivity contribution >= 4 is 24.0 Å². The SMILES string of the molecule is C[Si](C)(C)CCOCn1ncnc1-c1ccc(Br)cc1. The minimum atomic E-state index is -1.04. The van der Waals surface area contributed by atoms with Crippen molar-refractivity contribution in [2.75, 3.05) is 6.61 Å². The van der Waals surface area contributed by atoms with Gasteiger partial charge in [0, 0.05) is 24.7 Å². The maximum atomic E-state index is 5.73. The largest absolute Gasteiger partial charge is 0.359 e. The molecule has 0 atom stereocenters. The predicted octanol–water partition coefficient (Wildman–Crippen LogP) is 4.02. The van der Waals surface area contributed by atoms with E-state index in [1.165, 1.54) is 0 Å². The lowest BCUT2D eigenvalue weighted by Gasteiger charge is -2.15. The van der Waals surface area contributed by atoms with Crippen LogP contribution >= 0.6 is 15.9 Å². The van der Waals surface area contributed by atoms with Gasteiger partial charge in [0.05, 0.1) is 0 Å². The number of nitrogens with zero attached hydrogens (tertiary/aromatic N) is 3. The van der Waals surface area contributed by atoms with Gasteiger partial charge in [-0.2, -0.15) is 5.10 Å². The molecule has 0 saturated heterocycles. The van der Waals surface area contributed by atoms with Gasteiger partial charge >= 0.3 is 0 Å². The van der Waals surface area contributed by atoms with E-state index in [9.17, 15) is 0 Å². The number of ether oxygens (including phenoxy) is 1. The van der Waals surface area contributed by atoms with Gasteiger partial charge in [0.25, 0.3) is 0 Å². The second-order valence-electron chi connectivity index (χ2n) is 5.94. The van der Waals surface area contributed by atoms with Gasteiger partial charge in [-0.25, -0.2) is 9.67 Å². The van der Waals surface area contributed by atoms with Gasteiger partial charge in [-0.05, 0) is 18.2 Å². The molecule has 1 aromatic carbocycles. The number of aromatic nitrogens is 3. The summed E-state index contributed by atoms with van der Waals surface area (Å²) in [6.45, 7) is 8.28. The first-order valence-electron chi connectivity index (χ1n) is 6.67. The van der Waals surface area contributed by atoms with Gasteiger partial charge < -0.3 is 4.74 Å². The van der Waals surface area contributed by atoms with E-state index >= 15 is 0 Å². The second kappa shape index (κ2) is 6.65. The standard InChI is InChI=1S/C14H20BrN3OSi/c1-20(2,3)9-8-19-11-18-14(16-10-17-18)12-4-6-13(15)7-5-12/h4-7,10H,8-9,11H2,1-3H3. The zero-order valence-corrected chi connectivity index (χ0v) is 14.7. The van der Waals surface area contributed by atoms with Crippen LogP contribution in [0.4, 0.5) is 0 Å². The average molecular weight is 354 g/mol. The van der Waals surface area contributed by atoms with E-state index in [0.717, 1.165) is 28.5 Å². The first-order valence-corrected chi connectivity index (χ1v) is 11.2. The summed E-state index contributed by atoms with van der Waals surface area (Å²) in [5.74, 6) is 0.838. The molecular weight excluding hydrogens is 334 g/mol. The average Bonchev–Trinajstić information content (AvgIpc) is 2.83. The second-order valence-corrected chi connectivity index (χ2v) is 12.5. The summed E-state index contributed by atoms with van der Waals surface area (Å²) in [5.41, 5.74) is 1.04. The first kappa shape index (κ1) is 15.4. The van der Waals surface area contributed by atoms with Crippen molar-refractivity contribution in [3.05, 3.63) is 35.1 Å². The maximum absolute atomic E-state index is 5.73. The Labute approximate surface area is 129 Å². The lowest BCUT2D eigenvalue weighted by atomic mass is 10.2. The number of hydrogen-bond donors (Lipinski definition) is 0. The zero-order chi connectivity index (χ0) is 14.6. The van der Waals surface area contributed by atoms with E-state index in [-0.39, 0.29) is 0 Å². The highest BCUT2D eigenvalue weighted by Crippen LogP contribution is 2.19. The minimum absolute atomic E-state index is 0.454. The van der Waals surface area contributed by atoms with Crippen LogP contribution in [0.25, 0.3) is 11.4 Å². The topological polar surface area (TPSA) is 39.9 Å². The van der Waals surface area contributed by atoms with Crippen LogP contribution in [0, 0.1) is 0 Å². The molecule has 0 radical (unpaired) electrons. The molecule has 0 aliphatic heterocycles. The lowest BCUT2D eigenvalue weighted by molar-refractivity contribution is 0.0796. The molecule has 0 bridgehead atoms. The van der Waals surface area contributed by atoms with Crippen LogP contribution in [0.3, 0.4) is 0 Å². The molecule has 2 rings (SSSR count). The number of rotatable bonds is 6. The molecule has 6 heteroatoms. The molecule has 20 heavy (non-hydrogen) atoms. The number of hydrogen-bond acceptors (Lipinski definition) is 3. The fourth-order valence-electron chi connectivity index (χ4n) is 1.71. The number of halogens is 1. The van der Waals surface area contributed by atoms with Crippen molar-refractivity contribution in [3.8, 4) is 11.4 Å². The van der Waals surface area contributed by atoms with Crippen molar-refractivity contribution < 1.29 is 4.74 Å². The first-order chi connectivity index (χ1) is 9.46. The van der Waals surface area contributed by atoms with Gasteiger partial charge in [0.2, 0.25) is 0 Å². The molecule has 4 nitrogen and oxygen atoms in total. The Morgan fingerprint density at radius 3 is 2.55 bits per heavy atom. The molecule has 0 fully saturated rings. The van der Waals surface area contributed by atoms with Crippen LogP contribution in [-0.4, -0.2) is 29.4 Å². The van der Waals surface area contributed by atoms with Crippen LogP contribution < -0.4 is 0 Å². The quantitative estimate of drug-likeness (QED) is 0.581. The van der Waals surface area contributed by atoms with E-state index in [1.54, 1.807) is 11.0 Å². The van der Waals surface area contributed by atoms with Crippen LogP contribution in [0.5, 0.6) is 0 Å². The highest BCUT2D eigenvalue weighted by Gasteiger charge is 2.12. The third kappa shape index (κ3) is 4.54. The summed E-state index contributed by atoms with van der Waals surface area (Å²) >= 11 is 3.43.